The van der Waals surface area contributed by atoms with E-state index in [9.17, 15) is 9.59 Å². The predicted octanol–water partition coefficient (Wildman–Crippen LogP) is 6.54. The molecule has 0 saturated heterocycles. The molecule has 0 saturated carbocycles. The largest absolute Gasteiger partial charge is 0.497 e. The van der Waals surface area contributed by atoms with Crippen LogP contribution in [0.3, 0.4) is 0 Å². The predicted molar refractivity (Wildman–Crippen MR) is 148 cm³/mol. The Hall–Kier alpha value is -4.91. The molecule has 1 heterocycles. The minimum atomic E-state index is -0.963. The van der Waals surface area contributed by atoms with Crippen molar-refractivity contribution >= 4 is 34.3 Å². The number of rotatable bonds is 8. The van der Waals surface area contributed by atoms with Crippen molar-refractivity contribution in [1.82, 2.24) is 9.97 Å². The van der Waals surface area contributed by atoms with Crippen molar-refractivity contribution in [2.75, 3.05) is 12.0 Å². The minimum absolute atomic E-state index is 0.317. The molecule has 7 heteroatoms. The molecular formula is C31H27N3O4. The van der Waals surface area contributed by atoms with Gasteiger partial charge >= 0.3 is 5.97 Å². The lowest BCUT2D eigenvalue weighted by Gasteiger charge is -2.27. The van der Waals surface area contributed by atoms with Gasteiger partial charge in [-0.1, -0.05) is 43.3 Å². The van der Waals surface area contributed by atoms with Gasteiger partial charge in [-0.2, -0.15) is 0 Å². The third-order valence-corrected chi connectivity index (χ3v) is 6.23. The highest BCUT2D eigenvalue weighted by molar-refractivity contribution is 6.04. The van der Waals surface area contributed by atoms with Crippen molar-refractivity contribution < 1.29 is 19.1 Å². The summed E-state index contributed by atoms with van der Waals surface area (Å²) in [5.74, 6) is 0.542. The molecule has 5 rings (SSSR count). The number of hydrogen-bond donors (Lipinski definition) is 1. The highest BCUT2D eigenvalue weighted by Gasteiger charge is 2.29. The van der Waals surface area contributed by atoms with Gasteiger partial charge in [0.05, 0.1) is 23.7 Å². The van der Waals surface area contributed by atoms with Crippen molar-refractivity contribution in [3.8, 4) is 17.1 Å². The number of aromatic nitrogens is 2. The van der Waals surface area contributed by atoms with Crippen molar-refractivity contribution in [1.29, 1.82) is 0 Å². The summed E-state index contributed by atoms with van der Waals surface area (Å²) in [5.41, 5.74) is 4.03. The van der Waals surface area contributed by atoms with Gasteiger partial charge in [0.1, 0.15) is 11.6 Å². The maximum absolute atomic E-state index is 13.7. The van der Waals surface area contributed by atoms with Crippen molar-refractivity contribution in [2.24, 2.45) is 0 Å². The minimum Gasteiger partial charge on any atom is -0.497 e. The number of nitrogens with zero attached hydrogens (tertiary/aromatic N) is 2. The SMILES string of the molecule is CCC(OC(=O)c1ccc2nc(-c3ccc(OC)cc3)[nH]c2c1)C(=O)N(c1ccccc1)c1ccccc1. The molecular weight excluding hydrogens is 478 g/mol. The van der Waals surface area contributed by atoms with Crippen LogP contribution >= 0.6 is 0 Å². The van der Waals surface area contributed by atoms with E-state index < -0.39 is 12.1 Å². The molecule has 1 atom stereocenters. The lowest BCUT2D eigenvalue weighted by Crippen LogP contribution is -2.38. The first-order chi connectivity index (χ1) is 18.6. The number of hydrogen-bond acceptors (Lipinski definition) is 5. The molecule has 190 valence electrons. The lowest BCUT2D eigenvalue weighted by atomic mass is 10.1. The number of carbonyl (C=O) groups is 2. The zero-order valence-electron chi connectivity index (χ0n) is 21.1. The summed E-state index contributed by atoms with van der Waals surface area (Å²) >= 11 is 0. The Kier molecular flexibility index (Phi) is 7.17. The topological polar surface area (TPSA) is 84.5 Å². The number of para-hydroxylation sites is 2. The summed E-state index contributed by atoms with van der Waals surface area (Å²) < 4.78 is 11.0. The number of anilines is 2. The summed E-state index contributed by atoms with van der Waals surface area (Å²) in [6.07, 6.45) is -0.635. The van der Waals surface area contributed by atoms with Gasteiger partial charge in [-0.05, 0) is 73.2 Å². The summed E-state index contributed by atoms with van der Waals surface area (Å²) in [6.45, 7) is 1.82. The Balaban J connectivity index is 1.38. The van der Waals surface area contributed by atoms with E-state index in [1.54, 1.807) is 30.2 Å². The number of esters is 1. The van der Waals surface area contributed by atoms with Gasteiger partial charge in [-0.15, -0.1) is 0 Å². The number of aromatic amines is 1. The van der Waals surface area contributed by atoms with E-state index in [2.05, 4.69) is 9.97 Å². The number of ether oxygens (including phenoxy) is 2. The normalized spacial score (nSPS) is 11.6. The van der Waals surface area contributed by atoms with Crippen LogP contribution in [-0.4, -0.2) is 35.1 Å². The highest BCUT2D eigenvalue weighted by Crippen LogP contribution is 2.28. The average molecular weight is 506 g/mol. The Morgan fingerprint density at radius 2 is 1.50 bits per heavy atom. The Morgan fingerprint density at radius 1 is 0.868 bits per heavy atom. The van der Waals surface area contributed by atoms with Crippen molar-refractivity contribution in [3.05, 3.63) is 109 Å². The Bertz CT molecular complexity index is 1510. The van der Waals surface area contributed by atoms with Gasteiger partial charge < -0.3 is 14.5 Å². The summed E-state index contributed by atoms with van der Waals surface area (Å²) in [7, 11) is 1.62. The van der Waals surface area contributed by atoms with Crippen LogP contribution in [-0.2, 0) is 9.53 Å². The maximum Gasteiger partial charge on any atom is 0.338 e. The molecule has 5 aromatic rings. The molecule has 1 amide bonds. The molecule has 0 aliphatic carbocycles. The third kappa shape index (κ3) is 5.13. The number of amides is 1. The van der Waals surface area contributed by atoms with Crippen molar-refractivity contribution in [3.63, 3.8) is 0 Å². The van der Waals surface area contributed by atoms with E-state index in [0.29, 0.717) is 34.7 Å². The van der Waals surface area contributed by atoms with E-state index in [1.807, 2.05) is 91.9 Å². The molecule has 0 aliphatic heterocycles. The Labute approximate surface area is 220 Å². The second-order valence-electron chi connectivity index (χ2n) is 8.69. The molecule has 1 unspecified atom stereocenters. The highest BCUT2D eigenvalue weighted by atomic mass is 16.5. The fourth-order valence-electron chi connectivity index (χ4n) is 4.23. The van der Waals surface area contributed by atoms with Crippen LogP contribution in [0.2, 0.25) is 0 Å². The fraction of sp³-hybridized carbons (Fsp3) is 0.129. The molecule has 0 radical (unpaired) electrons. The smallest absolute Gasteiger partial charge is 0.338 e. The molecule has 7 nitrogen and oxygen atoms in total. The van der Waals surface area contributed by atoms with Crippen LogP contribution in [0.15, 0.2) is 103 Å². The first-order valence-corrected chi connectivity index (χ1v) is 12.4. The van der Waals surface area contributed by atoms with Gasteiger partial charge in [0, 0.05) is 16.9 Å². The molecule has 1 aromatic heterocycles. The quantitative estimate of drug-likeness (QED) is 0.242. The molecule has 4 aromatic carbocycles. The molecule has 0 fully saturated rings. The van der Waals surface area contributed by atoms with Crippen LogP contribution in [0, 0.1) is 0 Å². The number of nitrogens with one attached hydrogen (secondary N) is 1. The Morgan fingerprint density at radius 3 is 2.08 bits per heavy atom. The number of benzene rings is 4. The van der Waals surface area contributed by atoms with E-state index in [0.717, 1.165) is 16.8 Å². The zero-order valence-corrected chi connectivity index (χ0v) is 21.1. The number of fused-ring (bicyclic) bond motifs is 1. The number of H-pyrrole nitrogens is 1. The number of methoxy groups -OCH3 is 1. The second kappa shape index (κ2) is 11.0. The van der Waals surface area contributed by atoms with Crippen LogP contribution < -0.4 is 9.64 Å². The van der Waals surface area contributed by atoms with Crippen LogP contribution in [0.4, 0.5) is 11.4 Å². The van der Waals surface area contributed by atoms with E-state index in [4.69, 9.17) is 9.47 Å². The standard InChI is InChI=1S/C31H27N3O4/c1-3-28(30(35)34(23-10-6-4-7-11-23)24-12-8-5-9-13-24)38-31(36)22-16-19-26-27(20-22)33-29(32-26)21-14-17-25(37-2)18-15-21/h4-20,28H,3H2,1-2H3,(H,32,33). The van der Waals surface area contributed by atoms with E-state index in [1.165, 1.54) is 0 Å². The number of carbonyl (C=O) groups excluding carboxylic acids is 2. The fourth-order valence-corrected chi connectivity index (χ4v) is 4.23. The van der Waals surface area contributed by atoms with E-state index in [-0.39, 0.29) is 5.91 Å². The lowest BCUT2D eigenvalue weighted by molar-refractivity contribution is -0.126. The van der Waals surface area contributed by atoms with Gasteiger partial charge in [-0.3, -0.25) is 9.69 Å². The second-order valence-corrected chi connectivity index (χ2v) is 8.69. The van der Waals surface area contributed by atoms with Crippen LogP contribution in [0.1, 0.15) is 23.7 Å². The third-order valence-electron chi connectivity index (χ3n) is 6.23. The van der Waals surface area contributed by atoms with Crippen LogP contribution in [0.25, 0.3) is 22.4 Å². The summed E-state index contributed by atoms with van der Waals surface area (Å²) in [6, 6.07) is 31.3. The summed E-state index contributed by atoms with van der Waals surface area (Å²) in [5, 5.41) is 0. The first kappa shape index (κ1) is 24.8. The summed E-state index contributed by atoms with van der Waals surface area (Å²) in [4.78, 5) is 36.3. The monoisotopic (exact) mass is 505 g/mol. The molecule has 0 aliphatic rings. The van der Waals surface area contributed by atoms with Crippen molar-refractivity contribution in [2.45, 2.75) is 19.4 Å². The number of imidazole rings is 1. The average Bonchev–Trinajstić information content (AvgIpc) is 3.40. The van der Waals surface area contributed by atoms with Gasteiger partial charge in [0.15, 0.2) is 6.10 Å². The first-order valence-electron chi connectivity index (χ1n) is 12.4. The molecule has 0 bridgehead atoms. The van der Waals surface area contributed by atoms with E-state index >= 15 is 0 Å². The van der Waals surface area contributed by atoms with Gasteiger partial charge in [0.25, 0.3) is 5.91 Å². The molecule has 1 N–H and O–H groups in total. The van der Waals surface area contributed by atoms with Gasteiger partial charge in [-0.25, -0.2) is 9.78 Å². The van der Waals surface area contributed by atoms with Crippen LogP contribution in [0.5, 0.6) is 5.75 Å². The molecule has 0 spiro atoms. The molecule has 38 heavy (non-hydrogen) atoms. The zero-order chi connectivity index (χ0) is 26.5. The van der Waals surface area contributed by atoms with Gasteiger partial charge in [0.2, 0.25) is 0 Å². The maximum atomic E-state index is 13.7.